The molecule has 0 amide bonds. The third kappa shape index (κ3) is 3.13. The Bertz CT molecular complexity index is 623. The van der Waals surface area contributed by atoms with Crippen LogP contribution in [0.25, 0.3) is 0 Å². The van der Waals surface area contributed by atoms with Crippen LogP contribution in [0.2, 0.25) is 5.02 Å². The highest BCUT2D eigenvalue weighted by Crippen LogP contribution is 2.39. The van der Waals surface area contributed by atoms with Gasteiger partial charge in [-0.15, -0.1) is 0 Å². The van der Waals surface area contributed by atoms with E-state index in [9.17, 15) is 4.39 Å². The summed E-state index contributed by atoms with van der Waals surface area (Å²) in [5.41, 5.74) is 1.84. The molecule has 1 N–H and O–H groups in total. The number of ether oxygens (including phenoxy) is 1. The van der Waals surface area contributed by atoms with E-state index in [4.69, 9.17) is 16.3 Å². The average molecular weight is 306 g/mol. The van der Waals surface area contributed by atoms with Gasteiger partial charge in [-0.1, -0.05) is 23.7 Å². The summed E-state index contributed by atoms with van der Waals surface area (Å²) < 4.78 is 18.9. The lowest BCUT2D eigenvalue weighted by Gasteiger charge is -2.37. The van der Waals surface area contributed by atoms with Gasteiger partial charge in [-0.3, -0.25) is 0 Å². The second-order valence-corrected chi connectivity index (χ2v) is 5.84. The lowest BCUT2D eigenvalue weighted by atomic mass is 9.76. The molecule has 3 rings (SSSR count). The fourth-order valence-electron chi connectivity index (χ4n) is 2.71. The van der Waals surface area contributed by atoms with Crippen molar-refractivity contribution in [1.29, 1.82) is 0 Å². The van der Waals surface area contributed by atoms with E-state index in [2.05, 4.69) is 17.4 Å². The molecule has 0 aromatic heterocycles. The van der Waals surface area contributed by atoms with Crippen molar-refractivity contribution in [3.05, 3.63) is 58.9 Å². The summed E-state index contributed by atoms with van der Waals surface area (Å²) in [7, 11) is 1.67. The molecule has 1 fully saturated rings. The minimum atomic E-state index is -0.296. The number of anilines is 1. The van der Waals surface area contributed by atoms with Crippen molar-refractivity contribution in [1.82, 2.24) is 0 Å². The first kappa shape index (κ1) is 14.2. The van der Waals surface area contributed by atoms with E-state index in [1.807, 2.05) is 12.1 Å². The molecule has 1 saturated carbocycles. The lowest BCUT2D eigenvalue weighted by Crippen LogP contribution is -2.34. The van der Waals surface area contributed by atoms with Gasteiger partial charge in [0.2, 0.25) is 0 Å². The third-order valence-corrected chi connectivity index (χ3v) is 4.25. The number of hydrogen-bond acceptors (Lipinski definition) is 2. The summed E-state index contributed by atoms with van der Waals surface area (Å²) in [4.78, 5) is 0. The molecular formula is C17H17ClFNO. The SMILES string of the molecule is COc1ccc(C2CC(Nc3ccc(Cl)cc3F)C2)cc1. The predicted molar refractivity (Wildman–Crippen MR) is 83.8 cm³/mol. The van der Waals surface area contributed by atoms with E-state index in [0.29, 0.717) is 22.7 Å². The predicted octanol–water partition coefficient (Wildman–Crippen LogP) is 4.85. The Labute approximate surface area is 128 Å². The van der Waals surface area contributed by atoms with Crippen molar-refractivity contribution in [2.75, 3.05) is 12.4 Å². The molecule has 2 aromatic rings. The highest BCUT2D eigenvalue weighted by atomic mass is 35.5. The summed E-state index contributed by atoms with van der Waals surface area (Å²) in [6.07, 6.45) is 2.02. The summed E-state index contributed by atoms with van der Waals surface area (Å²) in [6, 6.07) is 13.2. The highest BCUT2D eigenvalue weighted by molar-refractivity contribution is 6.30. The van der Waals surface area contributed by atoms with Gasteiger partial charge in [0, 0.05) is 11.1 Å². The average Bonchev–Trinajstić information content (AvgIpc) is 2.44. The number of nitrogens with one attached hydrogen (secondary N) is 1. The van der Waals surface area contributed by atoms with Gasteiger partial charge in [0.05, 0.1) is 12.8 Å². The van der Waals surface area contributed by atoms with Gasteiger partial charge in [-0.25, -0.2) is 4.39 Å². The molecule has 1 aliphatic rings. The fourth-order valence-corrected chi connectivity index (χ4v) is 2.87. The van der Waals surface area contributed by atoms with E-state index < -0.39 is 0 Å². The Morgan fingerprint density at radius 3 is 2.48 bits per heavy atom. The Kier molecular flexibility index (Phi) is 4.02. The number of halogens is 2. The van der Waals surface area contributed by atoms with Crippen LogP contribution in [-0.2, 0) is 0 Å². The van der Waals surface area contributed by atoms with Gasteiger partial charge in [-0.05, 0) is 54.7 Å². The Morgan fingerprint density at radius 1 is 1.14 bits per heavy atom. The molecule has 0 heterocycles. The van der Waals surface area contributed by atoms with Crippen LogP contribution < -0.4 is 10.1 Å². The maximum Gasteiger partial charge on any atom is 0.147 e. The summed E-state index contributed by atoms with van der Waals surface area (Å²) >= 11 is 5.75. The summed E-state index contributed by atoms with van der Waals surface area (Å²) in [6.45, 7) is 0. The van der Waals surface area contributed by atoms with E-state index in [1.54, 1.807) is 19.2 Å². The van der Waals surface area contributed by atoms with E-state index >= 15 is 0 Å². The zero-order valence-corrected chi connectivity index (χ0v) is 12.5. The van der Waals surface area contributed by atoms with Crippen LogP contribution >= 0.6 is 11.6 Å². The van der Waals surface area contributed by atoms with E-state index in [0.717, 1.165) is 18.6 Å². The zero-order valence-electron chi connectivity index (χ0n) is 11.8. The maximum atomic E-state index is 13.7. The van der Waals surface area contributed by atoms with Gasteiger partial charge in [0.1, 0.15) is 11.6 Å². The lowest BCUT2D eigenvalue weighted by molar-refractivity contribution is 0.372. The van der Waals surface area contributed by atoms with Crippen molar-refractivity contribution >= 4 is 17.3 Å². The molecule has 0 saturated heterocycles. The zero-order chi connectivity index (χ0) is 14.8. The quantitative estimate of drug-likeness (QED) is 0.872. The van der Waals surface area contributed by atoms with Gasteiger partial charge in [0.15, 0.2) is 0 Å². The van der Waals surface area contributed by atoms with Gasteiger partial charge in [-0.2, -0.15) is 0 Å². The second-order valence-electron chi connectivity index (χ2n) is 5.41. The molecule has 110 valence electrons. The monoisotopic (exact) mass is 305 g/mol. The molecule has 2 aromatic carbocycles. The normalized spacial score (nSPS) is 20.7. The Morgan fingerprint density at radius 2 is 1.86 bits per heavy atom. The molecule has 0 unspecified atom stereocenters. The molecule has 21 heavy (non-hydrogen) atoms. The molecular weight excluding hydrogens is 289 g/mol. The topological polar surface area (TPSA) is 21.3 Å². The van der Waals surface area contributed by atoms with E-state index in [-0.39, 0.29) is 5.82 Å². The van der Waals surface area contributed by atoms with Crippen LogP contribution in [0.3, 0.4) is 0 Å². The first-order chi connectivity index (χ1) is 10.2. The minimum Gasteiger partial charge on any atom is -0.497 e. The molecule has 0 spiro atoms. The van der Waals surface area contributed by atoms with Crippen LogP contribution in [0.15, 0.2) is 42.5 Å². The van der Waals surface area contributed by atoms with Gasteiger partial charge < -0.3 is 10.1 Å². The molecule has 0 bridgehead atoms. The molecule has 0 aliphatic heterocycles. The maximum absolute atomic E-state index is 13.7. The second kappa shape index (κ2) is 5.94. The molecule has 1 aliphatic carbocycles. The van der Waals surface area contributed by atoms with Crippen LogP contribution in [0.5, 0.6) is 5.75 Å². The van der Waals surface area contributed by atoms with Gasteiger partial charge in [0.25, 0.3) is 0 Å². The fraction of sp³-hybridized carbons (Fsp3) is 0.294. The van der Waals surface area contributed by atoms with Crippen LogP contribution in [0, 0.1) is 5.82 Å². The van der Waals surface area contributed by atoms with Crippen molar-refractivity contribution in [2.24, 2.45) is 0 Å². The largest absolute Gasteiger partial charge is 0.497 e. The number of benzene rings is 2. The minimum absolute atomic E-state index is 0.296. The molecule has 4 heteroatoms. The number of methoxy groups -OCH3 is 1. The standard InChI is InChI=1S/C17H17ClFNO/c1-21-15-5-2-11(3-6-15)12-8-14(9-12)20-17-7-4-13(18)10-16(17)19/h2-7,10,12,14,20H,8-9H2,1H3. The van der Waals surface area contributed by atoms with Crippen LogP contribution in [0.1, 0.15) is 24.3 Å². The first-order valence-electron chi connectivity index (χ1n) is 7.01. The smallest absolute Gasteiger partial charge is 0.147 e. The first-order valence-corrected chi connectivity index (χ1v) is 7.39. The number of hydrogen-bond donors (Lipinski definition) is 1. The van der Waals surface area contributed by atoms with Crippen molar-refractivity contribution in [3.63, 3.8) is 0 Å². The van der Waals surface area contributed by atoms with Crippen molar-refractivity contribution in [3.8, 4) is 5.75 Å². The third-order valence-electron chi connectivity index (χ3n) is 4.02. The molecule has 2 nitrogen and oxygen atoms in total. The number of rotatable bonds is 4. The molecule has 0 atom stereocenters. The Balaban J connectivity index is 1.57. The van der Waals surface area contributed by atoms with Crippen molar-refractivity contribution < 1.29 is 9.13 Å². The van der Waals surface area contributed by atoms with Crippen LogP contribution in [0.4, 0.5) is 10.1 Å². The van der Waals surface area contributed by atoms with Crippen LogP contribution in [-0.4, -0.2) is 13.2 Å². The van der Waals surface area contributed by atoms with Gasteiger partial charge >= 0.3 is 0 Å². The summed E-state index contributed by atoms with van der Waals surface area (Å²) in [5, 5.41) is 3.66. The van der Waals surface area contributed by atoms with Crippen molar-refractivity contribution in [2.45, 2.75) is 24.8 Å². The highest BCUT2D eigenvalue weighted by Gasteiger charge is 2.30. The molecule has 0 radical (unpaired) electrons. The Hall–Kier alpha value is -1.74. The van der Waals surface area contributed by atoms with E-state index in [1.165, 1.54) is 11.6 Å². The summed E-state index contributed by atoms with van der Waals surface area (Å²) in [5.74, 6) is 1.11.